The van der Waals surface area contributed by atoms with Crippen molar-refractivity contribution < 1.29 is 14.3 Å². The van der Waals surface area contributed by atoms with Crippen molar-refractivity contribution in [3.05, 3.63) is 52.0 Å². The minimum atomic E-state index is -0.555. The summed E-state index contributed by atoms with van der Waals surface area (Å²) in [5.74, 6) is -0.619. The number of nitrogens with zero attached hydrogens (tertiary/aromatic N) is 1. The van der Waals surface area contributed by atoms with E-state index >= 15 is 0 Å². The molecule has 6 heteroatoms. The van der Waals surface area contributed by atoms with Crippen molar-refractivity contribution in [2.24, 2.45) is 0 Å². The van der Waals surface area contributed by atoms with Crippen LogP contribution in [0.5, 0.6) is 0 Å². The second kappa shape index (κ2) is 6.96. The fourth-order valence-electron chi connectivity index (χ4n) is 3.31. The van der Waals surface area contributed by atoms with E-state index in [9.17, 15) is 9.59 Å². The summed E-state index contributed by atoms with van der Waals surface area (Å²) in [4.78, 5) is 26.0. The molecule has 5 nitrogen and oxygen atoms in total. The van der Waals surface area contributed by atoms with Crippen LogP contribution in [0.15, 0.2) is 29.6 Å². The molecule has 0 radical (unpaired) electrons. The molecule has 1 aromatic carbocycles. The Hall–Kier alpha value is -2.60. The molecule has 3 aromatic rings. The van der Waals surface area contributed by atoms with E-state index in [2.05, 4.69) is 5.32 Å². The molecule has 0 aliphatic rings. The predicted octanol–water partition coefficient (Wildman–Crippen LogP) is 4.61. The first-order valence-corrected chi connectivity index (χ1v) is 9.27. The summed E-state index contributed by atoms with van der Waals surface area (Å²) in [6.45, 7) is 7.78. The van der Waals surface area contributed by atoms with Gasteiger partial charge in [-0.15, -0.1) is 11.3 Å². The number of hydrogen-bond acceptors (Lipinski definition) is 4. The highest BCUT2D eigenvalue weighted by atomic mass is 32.1. The van der Waals surface area contributed by atoms with Gasteiger partial charge in [0.05, 0.1) is 7.11 Å². The van der Waals surface area contributed by atoms with Gasteiger partial charge in [-0.2, -0.15) is 0 Å². The number of carbonyl (C=O) groups excluding carboxylic acids is 2. The summed E-state index contributed by atoms with van der Waals surface area (Å²) in [6.07, 6.45) is 0. The lowest BCUT2D eigenvalue weighted by Gasteiger charge is -2.19. The number of nitrogens with one attached hydrogen (secondary N) is 1. The molecule has 0 bridgehead atoms. The number of methoxy groups -OCH3 is 1. The van der Waals surface area contributed by atoms with E-state index in [-0.39, 0.29) is 5.91 Å². The van der Waals surface area contributed by atoms with Crippen LogP contribution in [-0.2, 0) is 9.53 Å². The van der Waals surface area contributed by atoms with Crippen molar-refractivity contribution in [2.75, 3.05) is 12.4 Å². The number of thiophene rings is 1. The number of hydrogen-bond donors (Lipinski definition) is 1. The zero-order chi connectivity index (χ0) is 19.0. The first-order valence-electron chi connectivity index (χ1n) is 8.39. The Labute approximate surface area is 156 Å². The van der Waals surface area contributed by atoms with Crippen LogP contribution in [-0.4, -0.2) is 23.6 Å². The number of esters is 1. The number of anilines is 1. The highest BCUT2D eigenvalue weighted by molar-refractivity contribution is 7.16. The maximum absolute atomic E-state index is 12.9. The van der Waals surface area contributed by atoms with Crippen molar-refractivity contribution in [2.45, 2.75) is 33.7 Å². The number of ether oxygens (including phenoxy) is 1. The highest BCUT2D eigenvalue weighted by Crippen LogP contribution is 2.30. The SMILES string of the molecule is COC(=O)c1cc2ccsc2n1[C@@H](C)C(=O)Nc1c(C)cc(C)cc1C. The van der Waals surface area contributed by atoms with E-state index in [1.165, 1.54) is 18.4 Å². The second-order valence-electron chi connectivity index (χ2n) is 6.51. The number of benzene rings is 1. The number of fused-ring (bicyclic) bond motifs is 1. The van der Waals surface area contributed by atoms with Crippen LogP contribution < -0.4 is 5.32 Å². The van der Waals surface area contributed by atoms with Crippen molar-refractivity contribution in [1.29, 1.82) is 0 Å². The zero-order valence-electron chi connectivity index (χ0n) is 15.5. The quantitative estimate of drug-likeness (QED) is 0.682. The van der Waals surface area contributed by atoms with Crippen LogP contribution in [0, 0.1) is 20.8 Å². The van der Waals surface area contributed by atoms with E-state index in [1.54, 1.807) is 17.6 Å². The molecule has 3 rings (SSSR count). The van der Waals surface area contributed by atoms with E-state index in [0.29, 0.717) is 5.69 Å². The lowest BCUT2D eigenvalue weighted by Crippen LogP contribution is -2.26. The van der Waals surface area contributed by atoms with Gasteiger partial charge in [-0.05, 0) is 56.3 Å². The molecule has 0 fully saturated rings. The molecule has 26 heavy (non-hydrogen) atoms. The molecule has 2 heterocycles. The van der Waals surface area contributed by atoms with Gasteiger partial charge in [0, 0.05) is 11.1 Å². The third-order valence-electron chi connectivity index (χ3n) is 4.53. The largest absolute Gasteiger partial charge is 0.464 e. The zero-order valence-corrected chi connectivity index (χ0v) is 16.4. The van der Waals surface area contributed by atoms with Crippen molar-refractivity contribution >= 4 is 39.1 Å². The average molecular weight is 370 g/mol. The molecule has 1 atom stereocenters. The van der Waals surface area contributed by atoms with E-state index in [1.807, 2.05) is 44.4 Å². The molecule has 1 amide bonds. The van der Waals surface area contributed by atoms with Crippen LogP contribution in [0.4, 0.5) is 5.69 Å². The summed E-state index contributed by atoms with van der Waals surface area (Å²) >= 11 is 1.50. The van der Waals surface area contributed by atoms with Crippen molar-refractivity contribution in [3.63, 3.8) is 0 Å². The molecule has 0 aliphatic heterocycles. The molecule has 0 unspecified atom stereocenters. The number of rotatable bonds is 4. The third kappa shape index (κ3) is 3.12. The number of carbonyl (C=O) groups is 2. The van der Waals surface area contributed by atoms with Crippen LogP contribution in [0.2, 0.25) is 0 Å². The molecule has 136 valence electrons. The van der Waals surface area contributed by atoms with E-state index in [0.717, 1.165) is 32.6 Å². The Morgan fingerprint density at radius 1 is 1.15 bits per heavy atom. The Morgan fingerprint density at radius 3 is 2.42 bits per heavy atom. The summed E-state index contributed by atoms with van der Waals surface area (Å²) in [5.41, 5.74) is 4.40. The minimum Gasteiger partial charge on any atom is -0.464 e. The summed E-state index contributed by atoms with van der Waals surface area (Å²) < 4.78 is 6.64. The fraction of sp³-hybridized carbons (Fsp3) is 0.300. The summed E-state index contributed by atoms with van der Waals surface area (Å²) in [6, 6.07) is 7.23. The van der Waals surface area contributed by atoms with Crippen molar-refractivity contribution in [1.82, 2.24) is 4.57 Å². The molecule has 0 aliphatic carbocycles. The number of aryl methyl sites for hydroxylation is 3. The predicted molar refractivity (Wildman–Crippen MR) is 105 cm³/mol. The molecular formula is C20H22N2O3S. The molecular weight excluding hydrogens is 348 g/mol. The first-order chi connectivity index (χ1) is 12.3. The van der Waals surface area contributed by atoms with Gasteiger partial charge in [-0.1, -0.05) is 17.7 Å². The van der Waals surface area contributed by atoms with Gasteiger partial charge in [0.15, 0.2) is 0 Å². The molecule has 0 saturated heterocycles. The fourth-order valence-corrected chi connectivity index (χ4v) is 4.29. The standard InChI is InChI=1S/C20H22N2O3S/c1-11-8-12(2)17(13(3)9-11)21-18(23)14(4)22-16(20(24)25-5)10-15-6-7-26-19(15)22/h6-10,14H,1-5H3,(H,21,23)/t14-/m0/s1. The van der Waals surface area contributed by atoms with E-state index in [4.69, 9.17) is 4.74 Å². The average Bonchev–Trinajstić information content (AvgIpc) is 3.17. The summed E-state index contributed by atoms with van der Waals surface area (Å²) in [7, 11) is 1.34. The van der Waals surface area contributed by atoms with Crippen LogP contribution in [0.1, 0.15) is 40.1 Å². The Kier molecular flexibility index (Phi) is 4.87. The van der Waals surface area contributed by atoms with Crippen LogP contribution >= 0.6 is 11.3 Å². The Bertz CT molecular complexity index is 977. The van der Waals surface area contributed by atoms with Crippen LogP contribution in [0.3, 0.4) is 0 Å². The van der Waals surface area contributed by atoms with Gasteiger partial charge in [0.1, 0.15) is 16.6 Å². The maximum Gasteiger partial charge on any atom is 0.354 e. The normalized spacial score (nSPS) is 12.2. The maximum atomic E-state index is 12.9. The lowest BCUT2D eigenvalue weighted by molar-refractivity contribution is -0.118. The number of aromatic nitrogens is 1. The highest BCUT2D eigenvalue weighted by Gasteiger charge is 2.25. The van der Waals surface area contributed by atoms with Gasteiger partial charge in [-0.25, -0.2) is 4.79 Å². The van der Waals surface area contributed by atoms with Crippen molar-refractivity contribution in [3.8, 4) is 0 Å². The molecule has 2 aromatic heterocycles. The Morgan fingerprint density at radius 2 is 1.81 bits per heavy atom. The third-order valence-corrected chi connectivity index (χ3v) is 5.46. The number of amides is 1. The Balaban J connectivity index is 1.98. The minimum absolute atomic E-state index is 0.170. The van der Waals surface area contributed by atoms with Crippen LogP contribution in [0.25, 0.3) is 10.2 Å². The van der Waals surface area contributed by atoms with Gasteiger partial charge in [0.25, 0.3) is 0 Å². The second-order valence-corrected chi connectivity index (χ2v) is 7.41. The monoisotopic (exact) mass is 370 g/mol. The summed E-state index contributed by atoms with van der Waals surface area (Å²) in [5, 5.41) is 5.90. The molecule has 0 spiro atoms. The van der Waals surface area contributed by atoms with Gasteiger partial charge in [0.2, 0.25) is 5.91 Å². The molecule has 0 saturated carbocycles. The van der Waals surface area contributed by atoms with Gasteiger partial charge < -0.3 is 14.6 Å². The first kappa shape index (κ1) is 18.2. The molecule has 1 N–H and O–H groups in total. The smallest absolute Gasteiger partial charge is 0.354 e. The topological polar surface area (TPSA) is 60.3 Å². The van der Waals surface area contributed by atoms with E-state index < -0.39 is 12.0 Å². The van der Waals surface area contributed by atoms with Gasteiger partial charge >= 0.3 is 5.97 Å². The van der Waals surface area contributed by atoms with Gasteiger partial charge in [-0.3, -0.25) is 4.79 Å². The lowest BCUT2D eigenvalue weighted by atomic mass is 10.0.